The molecule has 0 saturated carbocycles. The minimum Gasteiger partial charge on any atom is -0.489 e. The molecule has 0 aliphatic rings. The number of ether oxygens (including phenoxy) is 2. The van der Waals surface area contributed by atoms with E-state index in [9.17, 15) is 4.79 Å². The van der Waals surface area contributed by atoms with Crippen LogP contribution in [0.25, 0.3) is 10.8 Å². The second-order valence-electron chi connectivity index (χ2n) is 8.12. The van der Waals surface area contributed by atoms with E-state index in [-0.39, 0.29) is 0 Å². The number of methoxy groups -OCH3 is 1. The second-order valence-corrected chi connectivity index (χ2v) is 8.56. The maximum atomic E-state index is 10.9. The molecule has 0 amide bonds. The molecule has 7 nitrogen and oxygen atoms in total. The van der Waals surface area contributed by atoms with E-state index in [1.165, 1.54) is 13.5 Å². The maximum Gasteiger partial charge on any atom is 0.168 e. The highest BCUT2D eigenvalue weighted by atomic mass is 35.5. The topological polar surface area (TPSA) is 99.4 Å². The van der Waals surface area contributed by atoms with E-state index in [0.29, 0.717) is 35.5 Å². The first-order chi connectivity index (χ1) is 19.4. The molecule has 0 aliphatic carbocycles. The van der Waals surface area contributed by atoms with Gasteiger partial charge in [-0.15, -0.1) is 0 Å². The zero-order valence-corrected chi connectivity index (χ0v) is 25.8. The van der Waals surface area contributed by atoms with Crippen molar-refractivity contribution in [2.24, 2.45) is 5.73 Å². The number of nitrogens with one attached hydrogen (secondary N) is 1. The molecule has 4 rings (SSSR count). The molecule has 0 radical (unpaired) electrons. The van der Waals surface area contributed by atoms with Gasteiger partial charge in [0.05, 0.1) is 6.10 Å². The molecule has 218 valence electrons. The molecule has 0 aliphatic heterocycles. The van der Waals surface area contributed by atoms with Crippen LogP contribution in [0.5, 0.6) is 5.75 Å². The number of carbonyl (C=O) groups is 1. The van der Waals surface area contributed by atoms with Gasteiger partial charge in [-0.05, 0) is 56.6 Å². The minimum atomic E-state index is 0.330. The molecule has 0 bridgehead atoms. The number of aromatic nitrogens is 2. The number of pyridine rings is 2. The van der Waals surface area contributed by atoms with Crippen molar-refractivity contribution in [2.45, 2.75) is 60.7 Å². The molecule has 4 aromatic rings. The standard InChI is InChI=1S/C22H16ClN3O2.C4H10O.C3H8.C2H6.CH5N/c23-16-5-7-17(8-6-16)26-22-21-4-2-1-3-20(21)15(12-25-22)14-28-19-9-10-24-18(11-19)13-27;1-4(2)5-3;1-3-2;2*1-2/h1-13H,14H2,(H,25,26);4H,1-3H3;3H2,1-2H3;1-2H3;2H2,1H3. The Bertz CT molecular complexity index is 1220. The van der Waals surface area contributed by atoms with Crippen molar-refractivity contribution < 1.29 is 14.3 Å². The number of hydrogen-bond donors (Lipinski definition) is 2. The molecular weight excluding hydrogens is 524 g/mol. The van der Waals surface area contributed by atoms with Gasteiger partial charge in [0, 0.05) is 47.2 Å². The Labute approximate surface area is 245 Å². The first-order valence-corrected chi connectivity index (χ1v) is 13.8. The summed E-state index contributed by atoms with van der Waals surface area (Å²) in [6, 6.07) is 18.8. The molecule has 0 saturated heterocycles. The van der Waals surface area contributed by atoms with Gasteiger partial charge in [0.2, 0.25) is 0 Å². The number of fused-ring (bicyclic) bond motifs is 1. The molecule has 0 atom stereocenters. The van der Waals surface area contributed by atoms with Crippen LogP contribution < -0.4 is 15.8 Å². The van der Waals surface area contributed by atoms with Crippen molar-refractivity contribution in [2.75, 3.05) is 19.5 Å². The van der Waals surface area contributed by atoms with Crippen LogP contribution in [0.2, 0.25) is 5.02 Å². The predicted octanol–water partition coefficient (Wildman–Crippen LogP) is 8.48. The van der Waals surface area contributed by atoms with Crippen LogP contribution in [0, 0.1) is 0 Å². The number of carbonyl (C=O) groups excluding carboxylic acids is 1. The number of halogens is 1. The summed E-state index contributed by atoms with van der Waals surface area (Å²) >= 11 is 5.95. The summed E-state index contributed by atoms with van der Waals surface area (Å²) in [7, 11) is 3.20. The Morgan fingerprint density at radius 3 is 2.10 bits per heavy atom. The van der Waals surface area contributed by atoms with Crippen LogP contribution in [0.15, 0.2) is 73.1 Å². The quantitative estimate of drug-likeness (QED) is 0.216. The van der Waals surface area contributed by atoms with Gasteiger partial charge in [0.15, 0.2) is 6.29 Å². The van der Waals surface area contributed by atoms with Crippen LogP contribution in [0.1, 0.15) is 64.0 Å². The molecule has 0 spiro atoms. The van der Waals surface area contributed by atoms with E-state index < -0.39 is 0 Å². The Hall–Kier alpha value is -3.52. The van der Waals surface area contributed by atoms with Gasteiger partial charge in [-0.2, -0.15) is 0 Å². The lowest BCUT2D eigenvalue weighted by atomic mass is 10.1. The van der Waals surface area contributed by atoms with Crippen molar-refractivity contribution in [3.05, 3.63) is 89.3 Å². The highest BCUT2D eigenvalue weighted by Gasteiger charge is 2.09. The highest BCUT2D eigenvalue weighted by Crippen LogP contribution is 2.28. The Morgan fingerprint density at radius 2 is 1.55 bits per heavy atom. The molecule has 2 aromatic carbocycles. The van der Waals surface area contributed by atoms with E-state index in [0.717, 1.165) is 27.8 Å². The first-order valence-electron chi connectivity index (χ1n) is 13.5. The van der Waals surface area contributed by atoms with Crippen LogP contribution in [-0.2, 0) is 11.3 Å². The molecule has 0 fully saturated rings. The van der Waals surface area contributed by atoms with Gasteiger partial charge in [0.1, 0.15) is 23.9 Å². The molecule has 2 aromatic heterocycles. The van der Waals surface area contributed by atoms with E-state index >= 15 is 0 Å². The number of benzene rings is 2. The third kappa shape index (κ3) is 13.5. The Morgan fingerprint density at radius 1 is 0.975 bits per heavy atom. The summed E-state index contributed by atoms with van der Waals surface area (Å²) < 4.78 is 10.6. The summed E-state index contributed by atoms with van der Waals surface area (Å²) in [6.07, 6.45) is 5.67. The lowest BCUT2D eigenvalue weighted by Gasteiger charge is -2.13. The third-order valence-electron chi connectivity index (χ3n) is 4.72. The number of aldehydes is 1. The van der Waals surface area contributed by atoms with Gasteiger partial charge < -0.3 is 20.5 Å². The van der Waals surface area contributed by atoms with Crippen LogP contribution in [-0.4, -0.2) is 36.5 Å². The molecule has 3 N–H and O–H groups in total. The number of hydrogen-bond acceptors (Lipinski definition) is 7. The first kappa shape index (κ1) is 36.5. The van der Waals surface area contributed by atoms with E-state index in [1.54, 1.807) is 31.6 Å². The summed E-state index contributed by atoms with van der Waals surface area (Å²) in [4.78, 5) is 19.4. The molecule has 40 heavy (non-hydrogen) atoms. The second kappa shape index (κ2) is 22.3. The SMILES string of the molecule is CC.CCC.CN.COC(C)C.O=Cc1cc(OCc2cnc(Nc3ccc(Cl)cc3)c3ccccc23)ccn1. The number of anilines is 2. The zero-order chi connectivity index (χ0) is 30.3. The minimum absolute atomic E-state index is 0.330. The van der Waals surface area contributed by atoms with E-state index in [1.807, 2.05) is 76.2 Å². The average Bonchev–Trinajstić information content (AvgIpc) is 3.00. The van der Waals surface area contributed by atoms with Gasteiger partial charge in [-0.25, -0.2) is 4.98 Å². The fourth-order valence-corrected chi connectivity index (χ4v) is 3.00. The monoisotopic (exact) mass is 568 g/mol. The largest absolute Gasteiger partial charge is 0.489 e. The number of nitrogens with two attached hydrogens (primary N) is 1. The van der Waals surface area contributed by atoms with Crippen molar-refractivity contribution >= 4 is 40.2 Å². The van der Waals surface area contributed by atoms with Crippen LogP contribution in [0.3, 0.4) is 0 Å². The predicted molar refractivity (Wildman–Crippen MR) is 170 cm³/mol. The summed E-state index contributed by atoms with van der Waals surface area (Å²) in [5.41, 5.74) is 6.69. The van der Waals surface area contributed by atoms with Crippen molar-refractivity contribution in [1.82, 2.24) is 9.97 Å². The van der Waals surface area contributed by atoms with Gasteiger partial charge in [-0.3, -0.25) is 9.78 Å². The normalized spacial score (nSPS) is 9.38. The maximum absolute atomic E-state index is 10.9. The Kier molecular flexibility index (Phi) is 20.3. The van der Waals surface area contributed by atoms with Gasteiger partial charge >= 0.3 is 0 Å². The van der Waals surface area contributed by atoms with Crippen LogP contribution >= 0.6 is 11.6 Å². The number of nitrogens with zero attached hydrogens (tertiary/aromatic N) is 2. The smallest absolute Gasteiger partial charge is 0.168 e. The van der Waals surface area contributed by atoms with Gasteiger partial charge in [0.25, 0.3) is 0 Å². The zero-order valence-electron chi connectivity index (χ0n) is 25.1. The fourth-order valence-electron chi connectivity index (χ4n) is 2.88. The van der Waals surface area contributed by atoms with Crippen LogP contribution in [0.4, 0.5) is 11.5 Å². The molecule has 2 heterocycles. The average molecular weight is 569 g/mol. The van der Waals surface area contributed by atoms with Crippen molar-refractivity contribution in [1.29, 1.82) is 0 Å². The summed E-state index contributed by atoms with van der Waals surface area (Å²) in [5, 5.41) is 6.05. The molecule has 0 unspecified atom stereocenters. The van der Waals surface area contributed by atoms with Crippen molar-refractivity contribution in [3.8, 4) is 5.75 Å². The molecular formula is C32H45ClN4O3. The summed E-state index contributed by atoms with van der Waals surface area (Å²) in [6.45, 7) is 12.6. The van der Waals surface area contributed by atoms with E-state index in [4.69, 9.17) is 21.1 Å². The number of rotatable bonds is 7. The lowest BCUT2D eigenvalue weighted by molar-refractivity contribution is 0.111. The fraction of sp³-hybridized carbons (Fsp3) is 0.344. The summed E-state index contributed by atoms with van der Waals surface area (Å²) in [5.74, 6) is 1.35. The van der Waals surface area contributed by atoms with Crippen molar-refractivity contribution in [3.63, 3.8) is 0 Å². The Balaban J connectivity index is 0.00000109. The lowest BCUT2D eigenvalue weighted by Crippen LogP contribution is -2.01. The highest BCUT2D eigenvalue weighted by molar-refractivity contribution is 6.30. The van der Waals surface area contributed by atoms with Gasteiger partial charge in [-0.1, -0.05) is 70.0 Å². The molecule has 8 heteroatoms. The van der Waals surface area contributed by atoms with E-state index in [2.05, 4.69) is 34.9 Å². The third-order valence-corrected chi connectivity index (χ3v) is 4.98.